The monoisotopic (exact) mass is 294 g/mol. The standard InChI is InChI=1S/C13H15ClN4O2/c14-12-10(4-8-20-12)13(19)17-5-1-9(2-6-17)18-7-3-11(15)16-18/h3-4,7-9H,1-2,5-6H2,(H2,15,16). The van der Waals surface area contributed by atoms with Crippen molar-refractivity contribution in [2.45, 2.75) is 18.9 Å². The second kappa shape index (κ2) is 5.20. The fraction of sp³-hybridized carbons (Fsp3) is 0.385. The van der Waals surface area contributed by atoms with Crippen molar-refractivity contribution in [3.63, 3.8) is 0 Å². The molecule has 0 aliphatic carbocycles. The van der Waals surface area contributed by atoms with Crippen molar-refractivity contribution in [2.75, 3.05) is 18.8 Å². The summed E-state index contributed by atoms with van der Waals surface area (Å²) >= 11 is 5.84. The van der Waals surface area contributed by atoms with Crippen LogP contribution in [0, 0.1) is 0 Å². The highest BCUT2D eigenvalue weighted by molar-refractivity contribution is 6.32. The van der Waals surface area contributed by atoms with Gasteiger partial charge in [-0.2, -0.15) is 5.10 Å². The summed E-state index contributed by atoms with van der Waals surface area (Å²) in [5.41, 5.74) is 6.04. The summed E-state index contributed by atoms with van der Waals surface area (Å²) in [5.74, 6) is 0.441. The molecular weight excluding hydrogens is 280 g/mol. The molecule has 0 spiro atoms. The molecule has 2 aromatic heterocycles. The van der Waals surface area contributed by atoms with Crippen molar-refractivity contribution in [3.05, 3.63) is 35.4 Å². The van der Waals surface area contributed by atoms with Gasteiger partial charge in [-0.3, -0.25) is 9.48 Å². The van der Waals surface area contributed by atoms with E-state index in [0.717, 1.165) is 12.8 Å². The molecule has 0 radical (unpaired) electrons. The number of hydrogen-bond donors (Lipinski definition) is 1. The number of hydrogen-bond acceptors (Lipinski definition) is 4. The minimum atomic E-state index is -0.0813. The third-order valence-corrected chi connectivity index (χ3v) is 3.90. The Morgan fingerprint density at radius 1 is 1.40 bits per heavy atom. The van der Waals surface area contributed by atoms with Crippen molar-refractivity contribution in [1.82, 2.24) is 14.7 Å². The molecule has 1 aliphatic rings. The number of carbonyl (C=O) groups excluding carboxylic acids is 1. The fourth-order valence-electron chi connectivity index (χ4n) is 2.51. The molecule has 2 N–H and O–H groups in total. The maximum atomic E-state index is 12.3. The van der Waals surface area contributed by atoms with Crippen molar-refractivity contribution in [1.29, 1.82) is 0 Å². The van der Waals surface area contributed by atoms with Gasteiger partial charge in [0.15, 0.2) is 0 Å². The van der Waals surface area contributed by atoms with Gasteiger partial charge in [0.25, 0.3) is 5.91 Å². The Morgan fingerprint density at radius 2 is 2.15 bits per heavy atom. The Bertz CT molecular complexity index is 613. The number of aromatic nitrogens is 2. The minimum absolute atomic E-state index is 0.0813. The molecule has 7 heteroatoms. The molecule has 0 aromatic carbocycles. The summed E-state index contributed by atoms with van der Waals surface area (Å²) in [6.45, 7) is 1.34. The normalized spacial score (nSPS) is 16.6. The van der Waals surface area contributed by atoms with Gasteiger partial charge in [0.1, 0.15) is 5.82 Å². The van der Waals surface area contributed by atoms with Gasteiger partial charge in [0.2, 0.25) is 5.22 Å². The quantitative estimate of drug-likeness (QED) is 0.921. The van der Waals surface area contributed by atoms with E-state index in [2.05, 4.69) is 5.10 Å². The average Bonchev–Trinajstić information content (AvgIpc) is 3.07. The molecule has 106 valence electrons. The third kappa shape index (κ3) is 2.38. The van der Waals surface area contributed by atoms with Gasteiger partial charge in [0, 0.05) is 19.3 Å². The lowest BCUT2D eigenvalue weighted by Gasteiger charge is -2.31. The zero-order chi connectivity index (χ0) is 14.1. The van der Waals surface area contributed by atoms with Crippen LogP contribution in [0.2, 0.25) is 5.22 Å². The molecule has 3 rings (SSSR count). The predicted octanol–water partition coefficient (Wildman–Crippen LogP) is 2.19. The Labute approximate surface area is 121 Å². The number of amides is 1. The van der Waals surface area contributed by atoms with Crippen LogP contribution in [-0.4, -0.2) is 33.7 Å². The molecule has 2 aromatic rings. The first-order valence-corrected chi connectivity index (χ1v) is 6.86. The second-order valence-corrected chi connectivity index (χ2v) is 5.20. The highest BCUT2D eigenvalue weighted by atomic mass is 35.5. The smallest absolute Gasteiger partial charge is 0.258 e. The summed E-state index contributed by atoms with van der Waals surface area (Å²) in [6, 6.07) is 3.67. The van der Waals surface area contributed by atoms with Crippen LogP contribution in [0.15, 0.2) is 29.0 Å². The van der Waals surface area contributed by atoms with E-state index in [1.807, 2.05) is 10.9 Å². The molecule has 0 atom stereocenters. The molecule has 20 heavy (non-hydrogen) atoms. The SMILES string of the molecule is Nc1ccn(C2CCN(C(=O)c3ccoc3Cl)CC2)n1. The maximum Gasteiger partial charge on any atom is 0.258 e. The lowest BCUT2D eigenvalue weighted by Crippen LogP contribution is -2.39. The summed E-state index contributed by atoms with van der Waals surface area (Å²) in [5, 5.41) is 4.37. The summed E-state index contributed by atoms with van der Waals surface area (Å²) in [6.07, 6.45) is 5.00. The van der Waals surface area contributed by atoms with E-state index in [0.29, 0.717) is 24.5 Å². The Hall–Kier alpha value is -1.95. The molecule has 1 fully saturated rings. The van der Waals surface area contributed by atoms with Gasteiger partial charge in [-0.15, -0.1) is 0 Å². The van der Waals surface area contributed by atoms with Crippen LogP contribution < -0.4 is 5.73 Å². The van der Waals surface area contributed by atoms with Gasteiger partial charge in [0.05, 0.1) is 17.9 Å². The lowest BCUT2D eigenvalue weighted by atomic mass is 10.0. The van der Waals surface area contributed by atoms with Gasteiger partial charge in [-0.05, 0) is 36.6 Å². The second-order valence-electron chi connectivity index (χ2n) is 4.85. The number of anilines is 1. The van der Waals surface area contributed by atoms with Crippen LogP contribution in [0.3, 0.4) is 0 Å². The zero-order valence-electron chi connectivity index (χ0n) is 10.8. The van der Waals surface area contributed by atoms with Crippen molar-refractivity contribution in [3.8, 4) is 0 Å². The average molecular weight is 295 g/mol. The van der Waals surface area contributed by atoms with Gasteiger partial charge in [-0.25, -0.2) is 0 Å². The molecule has 1 aliphatic heterocycles. The molecule has 6 nitrogen and oxygen atoms in total. The van der Waals surface area contributed by atoms with Crippen LogP contribution in [0.4, 0.5) is 5.82 Å². The summed E-state index contributed by atoms with van der Waals surface area (Å²) in [7, 11) is 0. The first-order valence-electron chi connectivity index (χ1n) is 6.48. The first-order chi connectivity index (χ1) is 9.65. The minimum Gasteiger partial charge on any atom is -0.452 e. The van der Waals surface area contributed by atoms with Crippen LogP contribution >= 0.6 is 11.6 Å². The first kappa shape index (κ1) is 13.1. The maximum absolute atomic E-state index is 12.3. The van der Waals surface area contributed by atoms with Crippen LogP contribution in [0.25, 0.3) is 0 Å². The molecule has 0 unspecified atom stereocenters. The summed E-state index contributed by atoms with van der Waals surface area (Å²) < 4.78 is 6.84. The van der Waals surface area contributed by atoms with Crippen molar-refractivity contribution in [2.24, 2.45) is 0 Å². The largest absolute Gasteiger partial charge is 0.452 e. The Kier molecular flexibility index (Phi) is 3.40. The topological polar surface area (TPSA) is 77.3 Å². The number of furan rings is 1. The van der Waals surface area contributed by atoms with Crippen LogP contribution in [-0.2, 0) is 0 Å². The molecule has 1 saturated heterocycles. The lowest BCUT2D eigenvalue weighted by molar-refractivity contribution is 0.0689. The highest BCUT2D eigenvalue weighted by Gasteiger charge is 2.26. The number of carbonyl (C=O) groups is 1. The fourth-order valence-corrected chi connectivity index (χ4v) is 2.70. The number of piperidine rings is 1. The van der Waals surface area contributed by atoms with E-state index in [-0.39, 0.29) is 17.2 Å². The number of likely N-dealkylation sites (tertiary alicyclic amines) is 1. The molecule has 3 heterocycles. The highest BCUT2D eigenvalue weighted by Crippen LogP contribution is 2.25. The number of nitrogen functional groups attached to an aromatic ring is 1. The van der Waals surface area contributed by atoms with E-state index < -0.39 is 0 Å². The number of halogens is 1. The third-order valence-electron chi connectivity index (χ3n) is 3.60. The van der Waals surface area contributed by atoms with Crippen LogP contribution in [0.1, 0.15) is 29.2 Å². The van der Waals surface area contributed by atoms with Crippen LogP contribution in [0.5, 0.6) is 0 Å². The van der Waals surface area contributed by atoms with E-state index in [1.165, 1.54) is 6.26 Å². The number of nitrogens with zero attached hydrogens (tertiary/aromatic N) is 3. The number of rotatable bonds is 2. The van der Waals surface area contributed by atoms with Gasteiger partial charge < -0.3 is 15.1 Å². The van der Waals surface area contributed by atoms with E-state index in [1.54, 1.807) is 17.0 Å². The van der Waals surface area contributed by atoms with Crippen molar-refractivity contribution < 1.29 is 9.21 Å². The molecule has 0 saturated carbocycles. The van der Waals surface area contributed by atoms with Gasteiger partial charge >= 0.3 is 0 Å². The van der Waals surface area contributed by atoms with E-state index in [4.69, 9.17) is 21.8 Å². The molecular formula is C13H15ClN4O2. The van der Waals surface area contributed by atoms with E-state index >= 15 is 0 Å². The van der Waals surface area contributed by atoms with E-state index in [9.17, 15) is 4.79 Å². The Balaban J connectivity index is 1.64. The zero-order valence-corrected chi connectivity index (χ0v) is 11.6. The predicted molar refractivity (Wildman–Crippen MR) is 74.5 cm³/mol. The molecule has 1 amide bonds. The Morgan fingerprint density at radius 3 is 2.70 bits per heavy atom. The number of nitrogens with two attached hydrogens (primary N) is 1. The van der Waals surface area contributed by atoms with Gasteiger partial charge in [-0.1, -0.05) is 0 Å². The van der Waals surface area contributed by atoms with Crippen molar-refractivity contribution >= 4 is 23.3 Å². The summed E-state index contributed by atoms with van der Waals surface area (Å²) in [4.78, 5) is 14.1. The molecule has 0 bridgehead atoms.